The molecule has 0 amide bonds. The van der Waals surface area contributed by atoms with Crippen molar-refractivity contribution in [2.75, 3.05) is 0 Å². The predicted molar refractivity (Wildman–Crippen MR) is 85.8 cm³/mol. The highest BCUT2D eigenvalue weighted by Crippen LogP contribution is 2.21. The summed E-state index contributed by atoms with van der Waals surface area (Å²) < 4.78 is 5.76. The zero-order chi connectivity index (χ0) is 15.1. The summed E-state index contributed by atoms with van der Waals surface area (Å²) in [5, 5.41) is 10.6. The van der Waals surface area contributed by atoms with Crippen LogP contribution in [0, 0.1) is 0 Å². The highest BCUT2D eigenvalue weighted by Gasteiger charge is 2.03. The average Bonchev–Trinajstić information content (AvgIpc) is 2.92. The van der Waals surface area contributed by atoms with E-state index in [-0.39, 0.29) is 0 Å². The first kappa shape index (κ1) is 15.3. The van der Waals surface area contributed by atoms with Crippen LogP contribution in [0.4, 0.5) is 0 Å². The summed E-state index contributed by atoms with van der Waals surface area (Å²) in [5.74, 6) is -0.115. The van der Waals surface area contributed by atoms with Crippen LogP contribution >= 0.6 is 11.3 Å². The summed E-state index contributed by atoms with van der Waals surface area (Å²) in [6.45, 7) is 2.61. The molecular formula is C17H18O3S. The highest BCUT2D eigenvalue weighted by atomic mass is 32.1. The first-order chi connectivity index (χ1) is 10.2. The molecule has 1 heterocycles. The number of hydrogen-bond acceptors (Lipinski definition) is 3. The molecule has 0 fully saturated rings. The van der Waals surface area contributed by atoms with Crippen LogP contribution in [0.25, 0.3) is 6.08 Å². The van der Waals surface area contributed by atoms with Crippen LogP contribution in [0.3, 0.4) is 0 Å². The van der Waals surface area contributed by atoms with Crippen LogP contribution in [0.1, 0.15) is 29.3 Å². The topological polar surface area (TPSA) is 46.5 Å². The Balaban J connectivity index is 1.97. The van der Waals surface area contributed by atoms with Gasteiger partial charge in [0.2, 0.25) is 0 Å². The Labute approximate surface area is 128 Å². The Kier molecular flexibility index (Phi) is 5.58. The fraction of sp³-hybridized carbons (Fsp3) is 0.235. The number of carbonyl (C=O) groups is 1. The summed E-state index contributed by atoms with van der Waals surface area (Å²) >= 11 is 1.56. The van der Waals surface area contributed by atoms with E-state index in [2.05, 4.69) is 19.1 Å². The van der Waals surface area contributed by atoms with Gasteiger partial charge in [-0.25, -0.2) is 4.79 Å². The summed E-state index contributed by atoms with van der Waals surface area (Å²) in [4.78, 5) is 11.6. The van der Waals surface area contributed by atoms with Gasteiger partial charge in [-0.3, -0.25) is 0 Å². The maximum absolute atomic E-state index is 10.6. The quantitative estimate of drug-likeness (QED) is 0.772. The smallest absolute Gasteiger partial charge is 0.328 e. The standard InChI is InChI=1S/C17H18O3S/c1-2-3-13-4-7-15(8-5-13)20-12-16-14(10-11-21-16)6-9-17(18)19/h4-11H,2-3,12H2,1H3,(H,18,19). The second kappa shape index (κ2) is 7.64. The summed E-state index contributed by atoms with van der Waals surface area (Å²) in [6, 6.07) is 10.0. The molecule has 0 atom stereocenters. The van der Waals surface area contributed by atoms with Crippen molar-refractivity contribution in [1.29, 1.82) is 0 Å². The Morgan fingerprint density at radius 1 is 1.29 bits per heavy atom. The van der Waals surface area contributed by atoms with E-state index in [1.807, 2.05) is 23.6 Å². The van der Waals surface area contributed by atoms with Crippen molar-refractivity contribution in [3.63, 3.8) is 0 Å². The number of thiophene rings is 1. The van der Waals surface area contributed by atoms with Gasteiger partial charge in [0.1, 0.15) is 12.4 Å². The number of aryl methyl sites for hydroxylation is 1. The SMILES string of the molecule is CCCc1ccc(OCc2sccc2C=CC(=O)O)cc1. The van der Waals surface area contributed by atoms with E-state index in [4.69, 9.17) is 9.84 Å². The van der Waals surface area contributed by atoms with Gasteiger partial charge >= 0.3 is 5.97 Å². The van der Waals surface area contributed by atoms with Gasteiger partial charge in [0, 0.05) is 11.0 Å². The maximum atomic E-state index is 10.6. The normalized spacial score (nSPS) is 10.9. The number of aliphatic carboxylic acids is 1. The van der Waals surface area contributed by atoms with E-state index in [1.165, 1.54) is 5.56 Å². The van der Waals surface area contributed by atoms with Crippen molar-refractivity contribution in [2.45, 2.75) is 26.4 Å². The minimum Gasteiger partial charge on any atom is -0.488 e. The lowest BCUT2D eigenvalue weighted by Gasteiger charge is -2.06. The molecule has 0 bridgehead atoms. The summed E-state index contributed by atoms with van der Waals surface area (Å²) in [6.07, 6.45) is 4.96. The number of ether oxygens (including phenoxy) is 1. The molecular weight excluding hydrogens is 284 g/mol. The van der Waals surface area contributed by atoms with Gasteiger partial charge in [0.05, 0.1) is 0 Å². The molecule has 0 aliphatic carbocycles. The van der Waals surface area contributed by atoms with Crippen LogP contribution in [-0.2, 0) is 17.8 Å². The van der Waals surface area contributed by atoms with Gasteiger partial charge in [-0.15, -0.1) is 11.3 Å². The van der Waals surface area contributed by atoms with Gasteiger partial charge < -0.3 is 9.84 Å². The minimum absolute atomic E-state index is 0.448. The lowest BCUT2D eigenvalue weighted by atomic mass is 10.1. The van der Waals surface area contributed by atoms with E-state index < -0.39 is 5.97 Å². The highest BCUT2D eigenvalue weighted by molar-refractivity contribution is 7.10. The van der Waals surface area contributed by atoms with E-state index in [1.54, 1.807) is 17.4 Å². The van der Waals surface area contributed by atoms with Crippen molar-refractivity contribution in [2.24, 2.45) is 0 Å². The second-order valence-electron chi connectivity index (χ2n) is 4.65. The second-order valence-corrected chi connectivity index (χ2v) is 5.65. The molecule has 0 saturated carbocycles. The molecule has 3 nitrogen and oxygen atoms in total. The molecule has 110 valence electrons. The van der Waals surface area contributed by atoms with Crippen LogP contribution in [0.15, 0.2) is 41.8 Å². The molecule has 0 unspecified atom stereocenters. The zero-order valence-corrected chi connectivity index (χ0v) is 12.7. The fourth-order valence-corrected chi connectivity index (χ4v) is 2.75. The molecule has 1 N–H and O–H groups in total. The van der Waals surface area contributed by atoms with Crippen LogP contribution in [0.2, 0.25) is 0 Å². The molecule has 21 heavy (non-hydrogen) atoms. The Bertz CT molecular complexity index is 611. The molecule has 4 heteroatoms. The lowest BCUT2D eigenvalue weighted by molar-refractivity contribution is -0.131. The van der Waals surface area contributed by atoms with Crippen molar-refractivity contribution in [1.82, 2.24) is 0 Å². The number of carboxylic acid groups (broad SMARTS) is 1. The number of rotatable bonds is 7. The fourth-order valence-electron chi connectivity index (χ4n) is 1.97. The molecule has 0 saturated heterocycles. The first-order valence-corrected chi connectivity index (χ1v) is 7.76. The molecule has 0 aliphatic heterocycles. The summed E-state index contributed by atoms with van der Waals surface area (Å²) in [7, 11) is 0. The molecule has 1 aromatic carbocycles. The Hall–Kier alpha value is -2.07. The van der Waals surface area contributed by atoms with E-state index in [9.17, 15) is 4.79 Å². The zero-order valence-electron chi connectivity index (χ0n) is 11.9. The van der Waals surface area contributed by atoms with Crippen molar-refractivity contribution >= 4 is 23.4 Å². The third-order valence-corrected chi connectivity index (χ3v) is 3.93. The number of hydrogen-bond donors (Lipinski definition) is 1. The molecule has 2 rings (SSSR count). The van der Waals surface area contributed by atoms with Crippen molar-refractivity contribution < 1.29 is 14.6 Å². The number of benzene rings is 1. The molecule has 1 aromatic heterocycles. The average molecular weight is 302 g/mol. The molecule has 0 aliphatic rings. The van der Waals surface area contributed by atoms with Gasteiger partial charge in [-0.2, -0.15) is 0 Å². The minimum atomic E-state index is -0.945. The molecule has 2 aromatic rings. The van der Waals surface area contributed by atoms with Gasteiger partial charge in [0.15, 0.2) is 0 Å². The van der Waals surface area contributed by atoms with E-state index >= 15 is 0 Å². The third-order valence-electron chi connectivity index (χ3n) is 3.02. The molecule has 0 radical (unpaired) electrons. The van der Waals surface area contributed by atoms with Gasteiger partial charge in [0.25, 0.3) is 0 Å². The van der Waals surface area contributed by atoms with E-state index in [0.29, 0.717) is 6.61 Å². The predicted octanol–water partition coefficient (Wildman–Crippen LogP) is 4.38. The van der Waals surface area contributed by atoms with Gasteiger partial charge in [-0.05, 0) is 47.2 Å². The Morgan fingerprint density at radius 3 is 2.71 bits per heavy atom. The van der Waals surface area contributed by atoms with Crippen LogP contribution in [-0.4, -0.2) is 11.1 Å². The Morgan fingerprint density at radius 2 is 2.05 bits per heavy atom. The third kappa shape index (κ3) is 4.76. The number of carboxylic acids is 1. The molecule has 0 spiro atoms. The van der Waals surface area contributed by atoms with Crippen molar-refractivity contribution in [3.8, 4) is 5.75 Å². The van der Waals surface area contributed by atoms with E-state index in [0.717, 1.165) is 35.1 Å². The maximum Gasteiger partial charge on any atom is 0.328 e. The lowest BCUT2D eigenvalue weighted by Crippen LogP contribution is -1.95. The largest absolute Gasteiger partial charge is 0.488 e. The van der Waals surface area contributed by atoms with Crippen LogP contribution < -0.4 is 4.74 Å². The van der Waals surface area contributed by atoms with Crippen molar-refractivity contribution in [3.05, 3.63) is 57.8 Å². The first-order valence-electron chi connectivity index (χ1n) is 6.88. The van der Waals surface area contributed by atoms with Crippen LogP contribution in [0.5, 0.6) is 5.75 Å². The summed E-state index contributed by atoms with van der Waals surface area (Å²) in [5.41, 5.74) is 2.20. The monoisotopic (exact) mass is 302 g/mol. The van der Waals surface area contributed by atoms with Gasteiger partial charge in [-0.1, -0.05) is 25.5 Å².